The summed E-state index contributed by atoms with van der Waals surface area (Å²) in [6, 6.07) is 17.2. The molecular weight excluding hydrogens is 412 g/mol. The number of anilines is 1. The van der Waals surface area contributed by atoms with Gasteiger partial charge in [-0.25, -0.2) is 8.42 Å². The van der Waals surface area contributed by atoms with Crippen molar-refractivity contribution < 1.29 is 17.9 Å². The number of carbonyl (C=O) groups excluding carboxylic acids is 1. The summed E-state index contributed by atoms with van der Waals surface area (Å²) in [4.78, 5) is 15.0. The summed E-state index contributed by atoms with van der Waals surface area (Å²) in [6.07, 6.45) is 3.05. The minimum atomic E-state index is -3.93. The van der Waals surface area contributed by atoms with E-state index in [4.69, 9.17) is 4.74 Å². The van der Waals surface area contributed by atoms with Crippen molar-refractivity contribution in [2.24, 2.45) is 0 Å². The molecule has 0 bridgehead atoms. The molecule has 0 spiro atoms. The van der Waals surface area contributed by atoms with E-state index in [-0.39, 0.29) is 16.5 Å². The summed E-state index contributed by atoms with van der Waals surface area (Å²) < 4.78 is 35.0. The second-order valence-electron chi connectivity index (χ2n) is 7.54. The molecule has 1 N–H and O–H groups in total. The second-order valence-corrected chi connectivity index (χ2v) is 9.20. The average molecular weight is 439 g/mol. The minimum Gasteiger partial charge on any atom is -0.493 e. The quantitative estimate of drug-likeness (QED) is 0.607. The first-order valence-electron chi connectivity index (χ1n) is 10.6. The predicted octanol–water partition coefficient (Wildman–Crippen LogP) is 4.67. The van der Waals surface area contributed by atoms with E-state index in [0.29, 0.717) is 36.4 Å². The third kappa shape index (κ3) is 4.37. The highest BCUT2D eigenvalue weighted by atomic mass is 32.2. The van der Waals surface area contributed by atoms with Crippen molar-refractivity contribution >= 4 is 32.4 Å². The number of hydrogen-bond acceptors (Lipinski definition) is 4. The molecule has 0 saturated carbocycles. The molecule has 0 radical (unpaired) electrons. The van der Waals surface area contributed by atoms with E-state index in [2.05, 4.69) is 4.72 Å². The first kappa shape index (κ1) is 21.2. The maximum absolute atomic E-state index is 13.4. The van der Waals surface area contributed by atoms with Crippen molar-refractivity contribution in [2.45, 2.75) is 31.1 Å². The van der Waals surface area contributed by atoms with Crippen LogP contribution in [0.4, 0.5) is 5.69 Å². The average Bonchev–Trinajstić information content (AvgIpc) is 2.79. The Labute approximate surface area is 182 Å². The van der Waals surface area contributed by atoms with Crippen LogP contribution in [-0.2, 0) is 10.0 Å². The first-order chi connectivity index (χ1) is 15.0. The number of amides is 1. The predicted molar refractivity (Wildman–Crippen MR) is 122 cm³/mol. The number of rotatable bonds is 6. The third-order valence-corrected chi connectivity index (χ3v) is 6.90. The van der Waals surface area contributed by atoms with E-state index in [1.807, 2.05) is 19.1 Å². The largest absolute Gasteiger partial charge is 0.493 e. The summed E-state index contributed by atoms with van der Waals surface area (Å²) in [5, 5.41) is 1.30. The molecule has 1 fully saturated rings. The zero-order valence-electron chi connectivity index (χ0n) is 17.5. The van der Waals surface area contributed by atoms with E-state index < -0.39 is 10.0 Å². The number of likely N-dealkylation sites (tertiary alicyclic amines) is 1. The molecule has 31 heavy (non-hydrogen) atoms. The molecule has 0 aromatic heterocycles. The molecular formula is C24H26N2O4S. The van der Waals surface area contributed by atoms with Crippen molar-refractivity contribution in [2.75, 3.05) is 24.4 Å². The van der Waals surface area contributed by atoms with E-state index in [1.54, 1.807) is 53.4 Å². The highest BCUT2D eigenvalue weighted by molar-refractivity contribution is 7.93. The number of fused-ring (bicyclic) bond motifs is 1. The van der Waals surface area contributed by atoms with Crippen LogP contribution in [0.1, 0.15) is 36.5 Å². The van der Waals surface area contributed by atoms with Gasteiger partial charge in [0.25, 0.3) is 15.9 Å². The number of piperidine rings is 1. The Hall–Kier alpha value is -3.06. The van der Waals surface area contributed by atoms with Crippen LogP contribution >= 0.6 is 0 Å². The minimum absolute atomic E-state index is 0.144. The van der Waals surface area contributed by atoms with Gasteiger partial charge in [0.05, 0.1) is 22.8 Å². The molecule has 1 heterocycles. The molecule has 4 rings (SSSR count). The van der Waals surface area contributed by atoms with E-state index in [0.717, 1.165) is 24.6 Å². The number of benzene rings is 3. The van der Waals surface area contributed by atoms with Crippen LogP contribution in [0.25, 0.3) is 10.8 Å². The zero-order chi connectivity index (χ0) is 21.8. The van der Waals surface area contributed by atoms with E-state index in [9.17, 15) is 13.2 Å². The Bertz CT molecular complexity index is 1200. The van der Waals surface area contributed by atoms with Crippen LogP contribution in [0.15, 0.2) is 65.6 Å². The Morgan fingerprint density at radius 2 is 1.61 bits per heavy atom. The molecule has 7 heteroatoms. The number of carbonyl (C=O) groups is 1. The molecule has 3 aromatic rings. The third-order valence-electron chi connectivity index (χ3n) is 5.48. The smallest absolute Gasteiger partial charge is 0.262 e. The molecule has 1 saturated heterocycles. The summed E-state index contributed by atoms with van der Waals surface area (Å²) in [6.45, 7) is 3.77. The maximum atomic E-state index is 13.4. The van der Waals surface area contributed by atoms with Gasteiger partial charge in [-0.2, -0.15) is 0 Å². The molecule has 1 aliphatic rings. The molecule has 0 aliphatic carbocycles. The first-order valence-corrected chi connectivity index (χ1v) is 12.1. The van der Waals surface area contributed by atoms with Gasteiger partial charge < -0.3 is 9.64 Å². The standard InChI is InChI=1S/C24H26N2O4S/c1-2-30-22-14-15-23(19-11-5-4-10-18(19)22)31(28,29)25-21-13-7-6-12-20(21)24(27)26-16-8-3-9-17-26/h4-7,10-15,25H,2-3,8-9,16-17H2,1H3. The van der Waals surface area contributed by atoms with Gasteiger partial charge in [-0.1, -0.05) is 36.4 Å². The molecule has 3 aromatic carbocycles. The lowest BCUT2D eigenvalue weighted by atomic mass is 10.1. The van der Waals surface area contributed by atoms with Gasteiger partial charge in [0.2, 0.25) is 0 Å². The SMILES string of the molecule is CCOc1ccc(S(=O)(=O)Nc2ccccc2C(=O)N2CCCCC2)c2ccccc12. The van der Waals surface area contributed by atoms with Gasteiger partial charge in [-0.15, -0.1) is 0 Å². The Morgan fingerprint density at radius 3 is 2.35 bits per heavy atom. The number of nitrogens with zero attached hydrogens (tertiary/aromatic N) is 1. The second kappa shape index (κ2) is 8.98. The Balaban J connectivity index is 1.71. The summed E-state index contributed by atoms with van der Waals surface area (Å²) in [5.74, 6) is 0.493. The number of hydrogen-bond donors (Lipinski definition) is 1. The fourth-order valence-electron chi connectivity index (χ4n) is 3.99. The molecule has 0 atom stereocenters. The van der Waals surface area contributed by atoms with Gasteiger partial charge in [-0.3, -0.25) is 9.52 Å². The number of ether oxygens (including phenoxy) is 1. The number of nitrogens with one attached hydrogen (secondary N) is 1. The fourth-order valence-corrected chi connectivity index (χ4v) is 5.28. The lowest BCUT2D eigenvalue weighted by molar-refractivity contribution is 0.0725. The lowest BCUT2D eigenvalue weighted by Gasteiger charge is -2.27. The van der Waals surface area contributed by atoms with Crippen LogP contribution in [0.5, 0.6) is 5.75 Å². The van der Waals surface area contributed by atoms with Crippen molar-refractivity contribution in [3.63, 3.8) is 0 Å². The van der Waals surface area contributed by atoms with Crippen LogP contribution in [0.3, 0.4) is 0 Å². The van der Waals surface area contributed by atoms with Crippen molar-refractivity contribution in [1.29, 1.82) is 0 Å². The Kier molecular flexibility index (Phi) is 6.13. The van der Waals surface area contributed by atoms with Crippen LogP contribution < -0.4 is 9.46 Å². The summed E-state index contributed by atoms with van der Waals surface area (Å²) in [5.41, 5.74) is 0.652. The Morgan fingerprint density at radius 1 is 0.935 bits per heavy atom. The van der Waals surface area contributed by atoms with Gasteiger partial charge in [0, 0.05) is 23.9 Å². The summed E-state index contributed by atoms with van der Waals surface area (Å²) in [7, 11) is -3.93. The van der Waals surface area contributed by atoms with Crippen LogP contribution in [-0.4, -0.2) is 38.9 Å². The van der Waals surface area contributed by atoms with Crippen molar-refractivity contribution in [3.05, 3.63) is 66.2 Å². The molecule has 1 amide bonds. The zero-order valence-corrected chi connectivity index (χ0v) is 18.3. The van der Waals surface area contributed by atoms with Crippen molar-refractivity contribution in [3.8, 4) is 5.75 Å². The van der Waals surface area contributed by atoms with Gasteiger partial charge in [0.15, 0.2) is 0 Å². The molecule has 162 valence electrons. The normalized spacial score (nSPS) is 14.4. The highest BCUT2D eigenvalue weighted by Crippen LogP contribution is 2.32. The number of para-hydroxylation sites is 1. The monoisotopic (exact) mass is 438 g/mol. The number of sulfonamides is 1. The van der Waals surface area contributed by atoms with Gasteiger partial charge in [0.1, 0.15) is 5.75 Å². The van der Waals surface area contributed by atoms with Crippen LogP contribution in [0.2, 0.25) is 0 Å². The summed E-state index contributed by atoms with van der Waals surface area (Å²) >= 11 is 0. The highest BCUT2D eigenvalue weighted by Gasteiger charge is 2.24. The molecule has 0 unspecified atom stereocenters. The van der Waals surface area contributed by atoms with Crippen molar-refractivity contribution in [1.82, 2.24) is 4.90 Å². The topological polar surface area (TPSA) is 75.7 Å². The molecule has 1 aliphatic heterocycles. The maximum Gasteiger partial charge on any atom is 0.262 e. The molecule has 6 nitrogen and oxygen atoms in total. The van der Waals surface area contributed by atoms with E-state index in [1.165, 1.54) is 0 Å². The van der Waals surface area contributed by atoms with E-state index >= 15 is 0 Å². The van der Waals surface area contributed by atoms with Crippen LogP contribution in [0, 0.1) is 0 Å². The fraction of sp³-hybridized carbons (Fsp3) is 0.292. The van der Waals surface area contributed by atoms with Gasteiger partial charge in [-0.05, 0) is 50.5 Å². The van der Waals surface area contributed by atoms with Gasteiger partial charge >= 0.3 is 0 Å². The lowest BCUT2D eigenvalue weighted by Crippen LogP contribution is -2.36.